The molecule has 1 aliphatic heterocycles. The van der Waals surface area contributed by atoms with E-state index in [0.717, 1.165) is 56.0 Å². The van der Waals surface area contributed by atoms with E-state index in [1.165, 1.54) is 0 Å². The predicted octanol–water partition coefficient (Wildman–Crippen LogP) is 1.60. The fraction of sp³-hybridized carbons (Fsp3) is 0.533. The summed E-state index contributed by atoms with van der Waals surface area (Å²) in [4.78, 5) is 14.4. The zero-order valence-corrected chi connectivity index (χ0v) is 12.3. The maximum absolute atomic E-state index is 12.2. The molecule has 0 radical (unpaired) electrons. The summed E-state index contributed by atoms with van der Waals surface area (Å²) in [5, 5.41) is 9.59. The maximum atomic E-state index is 12.2. The molecule has 0 fully saturated rings. The molecule has 0 unspecified atom stereocenters. The van der Waals surface area contributed by atoms with Crippen LogP contribution in [0.5, 0.6) is 0 Å². The Balaban J connectivity index is 1.86. The molecule has 1 aromatic rings. The average Bonchev–Trinajstić information content (AvgIpc) is 2.45. The van der Waals surface area contributed by atoms with Gasteiger partial charge < -0.3 is 20.9 Å². The molecule has 5 heteroatoms. The lowest BCUT2D eigenvalue weighted by molar-refractivity contribution is 0.0953. The van der Waals surface area contributed by atoms with E-state index in [-0.39, 0.29) is 5.91 Å². The van der Waals surface area contributed by atoms with Gasteiger partial charge in [-0.05, 0) is 45.6 Å². The van der Waals surface area contributed by atoms with E-state index >= 15 is 0 Å². The van der Waals surface area contributed by atoms with E-state index in [1.54, 1.807) is 0 Å². The van der Waals surface area contributed by atoms with Crippen LogP contribution in [-0.4, -0.2) is 51.1 Å². The highest BCUT2D eigenvalue weighted by Gasteiger charge is 2.16. The number of anilines is 2. The molecule has 20 heavy (non-hydrogen) atoms. The van der Waals surface area contributed by atoms with Gasteiger partial charge in [-0.3, -0.25) is 4.79 Å². The smallest absolute Gasteiger partial charge is 0.253 e. The summed E-state index contributed by atoms with van der Waals surface area (Å²) < 4.78 is 0. The van der Waals surface area contributed by atoms with Gasteiger partial charge in [-0.15, -0.1) is 0 Å². The molecule has 0 saturated carbocycles. The normalized spacial score (nSPS) is 13.3. The lowest BCUT2D eigenvalue weighted by atomic mass is 10.1. The molecular formula is C15H24N4O. The maximum Gasteiger partial charge on any atom is 0.253 e. The van der Waals surface area contributed by atoms with Crippen molar-refractivity contribution in [3.05, 3.63) is 23.8 Å². The monoisotopic (exact) mass is 276 g/mol. The van der Waals surface area contributed by atoms with Gasteiger partial charge in [-0.2, -0.15) is 0 Å². The molecule has 1 aliphatic rings. The standard InChI is InChI=1S/C15H24N4O/c1-19(2)11-4-3-8-18-15(20)12-6-5-7-13-14(12)17-10-9-16-13/h5-7,16-17H,3-4,8-11H2,1-2H3,(H,18,20). The number of rotatable bonds is 6. The van der Waals surface area contributed by atoms with Crippen LogP contribution in [0.2, 0.25) is 0 Å². The van der Waals surface area contributed by atoms with Gasteiger partial charge >= 0.3 is 0 Å². The Morgan fingerprint density at radius 1 is 1.25 bits per heavy atom. The second kappa shape index (κ2) is 7.14. The molecule has 1 heterocycles. The molecule has 5 nitrogen and oxygen atoms in total. The number of carbonyl (C=O) groups excluding carboxylic acids is 1. The van der Waals surface area contributed by atoms with Gasteiger partial charge in [0.15, 0.2) is 0 Å². The number of para-hydroxylation sites is 1. The first-order chi connectivity index (χ1) is 9.68. The zero-order chi connectivity index (χ0) is 14.4. The first-order valence-corrected chi connectivity index (χ1v) is 7.22. The number of nitrogens with zero attached hydrogens (tertiary/aromatic N) is 1. The van der Waals surface area contributed by atoms with Crippen molar-refractivity contribution >= 4 is 17.3 Å². The van der Waals surface area contributed by atoms with Gasteiger partial charge in [-0.25, -0.2) is 0 Å². The minimum Gasteiger partial charge on any atom is -0.382 e. The number of nitrogens with one attached hydrogen (secondary N) is 3. The van der Waals surface area contributed by atoms with E-state index in [1.807, 2.05) is 18.2 Å². The van der Waals surface area contributed by atoms with Gasteiger partial charge in [0.2, 0.25) is 0 Å². The Hall–Kier alpha value is -1.75. The summed E-state index contributed by atoms with van der Waals surface area (Å²) in [5.74, 6) is 0.00269. The van der Waals surface area contributed by atoms with Crippen molar-refractivity contribution in [3.8, 4) is 0 Å². The molecule has 0 bridgehead atoms. The number of carbonyl (C=O) groups is 1. The Morgan fingerprint density at radius 3 is 2.85 bits per heavy atom. The van der Waals surface area contributed by atoms with Crippen molar-refractivity contribution in [1.82, 2.24) is 10.2 Å². The molecule has 0 atom stereocenters. The Labute approximate surface area is 120 Å². The highest BCUT2D eigenvalue weighted by Crippen LogP contribution is 2.28. The SMILES string of the molecule is CN(C)CCCCNC(=O)c1cccc2c1NCCN2. The topological polar surface area (TPSA) is 56.4 Å². The third-order valence-corrected chi connectivity index (χ3v) is 3.37. The van der Waals surface area contributed by atoms with Crippen LogP contribution >= 0.6 is 0 Å². The summed E-state index contributed by atoms with van der Waals surface area (Å²) >= 11 is 0. The number of fused-ring (bicyclic) bond motifs is 1. The molecule has 110 valence electrons. The van der Waals surface area contributed by atoms with Crippen LogP contribution in [0.25, 0.3) is 0 Å². The summed E-state index contributed by atoms with van der Waals surface area (Å²) in [6.07, 6.45) is 2.10. The van der Waals surface area contributed by atoms with Gasteiger partial charge in [0, 0.05) is 19.6 Å². The van der Waals surface area contributed by atoms with E-state index in [0.29, 0.717) is 0 Å². The highest BCUT2D eigenvalue weighted by atomic mass is 16.1. The average molecular weight is 276 g/mol. The van der Waals surface area contributed by atoms with Crippen molar-refractivity contribution in [1.29, 1.82) is 0 Å². The summed E-state index contributed by atoms with van der Waals surface area (Å²) in [5.41, 5.74) is 2.66. The molecule has 1 amide bonds. The van der Waals surface area contributed by atoms with Crippen molar-refractivity contribution in [2.75, 3.05) is 50.9 Å². The molecule has 0 aromatic heterocycles. The first-order valence-electron chi connectivity index (χ1n) is 7.22. The van der Waals surface area contributed by atoms with E-state index in [2.05, 4.69) is 34.9 Å². The third kappa shape index (κ3) is 3.87. The molecule has 3 N–H and O–H groups in total. The number of unbranched alkanes of at least 4 members (excludes halogenated alkanes) is 1. The number of amides is 1. The largest absolute Gasteiger partial charge is 0.382 e. The number of hydrogen-bond acceptors (Lipinski definition) is 4. The van der Waals surface area contributed by atoms with Crippen LogP contribution in [0, 0.1) is 0 Å². The second-order valence-electron chi connectivity index (χ2n) is 5.35. The van der Waals surface area contributed by atoms with Crippen molar-refractivity contribution in [2.24, 2.45) is 0 Å². The van der Waals surface area contributed by atoms with Crippen LogP contribution in [0.1, 0.15) is 23.2 Å². The van der Waals surface area contributed by atoms with Gasteiger partial charge in [0.25, 0.3) is 5.91 Å². The zero-order valence-electron chi connectivity index (χ0n) is 12.3. The molecule has 2 rings (SSSR count). The van der Waals surface area contributed by atoms with Crippen molar-refractivity contribution < 1.29 is 4.79 Å². The number of hydrogen-bond donors (Lipinski definition) is 3. The fourth-order valence-electron chi connectivity index (χ4n) is 2.31. The van der Waals surface area contributed by atoms with Crippen molar-refractivity contribution in [2.45, 2.75) is 12.8 Å². The minimum atomic E-state index is 0.00269. The van der Waals surface area contributed by atoms with Crippen LogP contribution < -0.4 is 16.0 Å². The van der Waals surface area contributed by atoms with Gasteiger partial charge in [-0.1, -0.05) is 6.07 Å². The Kier molecular flexibility index (Phi) is 5.24. The second-order valence-corrected chi connectivity index (χ2v) is 5.35. The van der Waals surface area contributed by atoms with E-state index < -0.39 is 0 Å². The first kappa shape index (κ1) is 14.7. The van der Waals surface area contributed by atoms with Crippen LogP contribution in [0.15, 0.2) is 18.2 Å². The molecule has 0 aliphatic carbocycles. The molecular weight excluding hydrogens is 252 g/mol. The number of benzene rings is 1. The van der Waals surface area contributed by atoms with E-state index in [4.69, 9.17) is 0 Å². The Morgan fingerprint density at radius 2 is 2.05 bits per heavy atom. The fourth-order valence-corrected chi connectivity index (χ4v) is 2.31. The summed E-state index contributed by atoms with van der Waals surface area (Å²) in [6.45, 7) is 3.52. The Bertz CT molecular complexity index is 459. The third-order valence-electron chi connectivity index (χ3n) is 3.37. The molecule has 0 saturated heterocycles. The summed E-state index contributed by atoms with van der Waals surface area (Å²) in [7, 11) is 4.13. The minimum absolute atomic E-state index is 0.00269. The lowest BCUT2D eigenvalue weighted by Gasteiger charge is -2.22. The van der Waals surface area contributed by atoms with Crippen LogP contribution in [0.3, 0.4) is 0 Å². The lowest BCUT2D eigenvalue weighted by Crippen LogP contribution is -2.28. The van der Waals surface area contributed by atoms with Crippen LogP contribution in [-0.2, 0) is 0 Å². The molecule has 0 spiro atoms. The van der Waals surface area contributed by atoms with Gasteiger partial charge in [0.1, 0.15) is 0 Å². The van der Waals surface area contributed by atoms with E-state index in [9.17, 15) is 4.79 Å². The van der Waals surface area contributed by atoms with Crippen molar-refractivity contribution in [3.63, 3.8) is 0 Å². The predicted molar refractivity (Wildman–Crippen MR) is 83.5 cm³/mol. The summed E-state index contributed by atoms with van der Waals surface area (Å²) in [6, 6.07) is 5.78. The highest BCUT2D eigenvalue weighted by molar-refractivity contribution is 6.02. The van der Waals surface area contributed by atoms with Gasteiger partial charge in [0.05, 0.1) is 16.9 Å². The molecule has 1 aromatic carbocycles. The quantitative estimate of drug-likeness (QED) is 0.691. The van der Waals surface area contributed by atoms with Crippen LogP contribution in [0.4, 0.5) is 11.4 Å².